The van der Waals surface area contributed by atoms with Gasteiger partial charge in [-0.3, -0.25) is 4.68 Å². The molecule has 3 nitrogen and oxygen atoms in total. The third kappa shape index (κ3) is 2.84. The molecule has 0 amide bonds. The number of rotatable bonds is 3. The lowest BCUT2D eigenvalue weighted by molar-refractivity contribution is 0.685. The Kier molecular flexibility index (Phi) is 3.72. The second-order valence-corrected chi connectivity index (χ2v) is 5.12. The summed E-state index contributed by atoms with van der Waals surface area (Å²) in [7, 11) is 0. The van der Waals surface area contributed by atoms with E-state index in [4.69, 9.17) is 23.2 Å². The van der Waals surface area contributed by atoms with Crippen LogP contribution in [0.4, 0.5) is 0 Å². The Morgan fingerprint density at radius 1 is 0.950 bits per heavy atom. The zero-order chi connectivity index (χ0) is 13.9. The molecule has 0 N–H and O–H groups in total. The van der Waals surface area contributed by atoms with Crippen molar-refractivity contribution in [2.24, 2.45) is 0 Å². The first-order valence-corrected chi connectivity index (χ1v) is 6.87. The monoisotopic (exact) mass is 303 g/mol. The summed E-state index contributed by atoms with van der Waals surface area (Å²) in [4.78, 5) is 4.02. The summed E-state index contributed by atoms with van der Waals surface area (Å²) < 4.78 is 1.83. The lowest BCUT2D eigenvalue weighted by atomic mass is 10.1. The molecular weight excluding hydrogens is 293 g/mol. The fourth-order valence-electron chi connectivity index (χ4n) is 1.96. The molecule has 0 aliphatic heterocycles. The van der Waals surface area contributed by atoms with Crippen LogP contribution >= 0.6 is 23.2 Å². The van der Waals surface area contributed by atoms with Crippen molar-refractivity contribution in [2.75, 3.05) is 0 Å². The van der Waals surface area contributed by atoms with Crippen molar-refractivity contribution < 1.29 is 0 Å². The van der Waals surface area contributed by atoms with Crippen molar-refractivity contribution in [3.63, 3.8) is 0 Å². The Morgan fingerprint density at radius 3 is 2.50 bits per heavy atom. The number of hydrogen-bond donors (Lipinski definition) is 0. The lowest BCUT2D eigenvalue weighted by Crippen LogP contribution is -2.01. The summed E-state index contributed by atoms with van der Waals surface area (Å²) in [6.07, 6.45) is 3.83. The summed E-state index contributed by atoms with van der Waals surface area (Å²) in [6, 6.07) is 13.7. The van der Waals surface area contributed by atoms with Crippen molar-refractivity contribution >= 4 is 23.2 Å². The number of nitrogens with zero attached hydrogens (tertiary/aromatic N) is 3. The van der Waals surface area contributed by atoms with Crippen molar-refractivity contribution in [2.45, 2.75) is 6.54 Å². The van der Waals surface area contributed by atoms with Crippen LogP contribution < -0.4 is 0 Å². The van der Waals surface area contributed by atoms with Gasteiger partial charge in [0.1, 0.15) is 10.3 Å². The van der Waals surface area contributed by atoms with Gasteiger partial charge in [-0.15, -0.1) is 0 Å². The molecule has 0 atom stereocenters. The standard InChI is InChI=1S/C15H11Cl2N3/c16-14-7-6-12(15(17)19-14)9-20-10-13(8-18-20)11-4-2-1-3-5-11/h1-8,10H,9H2. The van der Waals surface area contributed by atoms with Gasteiger partial charge in [0.2, 0.25) is 0 Å². The zero-order valence-electron chi connectivity index (χ0n) is 10.5. The minimum Gasteiger partial charge on any atom is -0.268 e. The molecule has 2 heterocycles. The maximum Gasteiger partial charge on any atom is 0.135 e. The quantitative estimate of drug-likeness (QED) is 0.675. The molecular formula is C15H11Cl2N3. The molecule has 0 fully saturated rings. The predicted molar refractivity (Wildman–Crippen MR) is 81.0 cm³/mol. The van der Waals surface area contributed by atoms with Gasteiger partial charge in [-0.05, 0) is 11.6 Å². The molecule has 0 radical (unpaired) electrons. The molecule has 100 valence electrons. The highest BCUT2D eigenvalue weighted by Crippen LogP contribution is 2.20. The van der Waals surface area contributed by atoms with E-state index in [2.05, 4.69) is 22.2 Å². The smallest absolute Gasteiger partial charge is 0.135 e. The first kappa shape index (κ1) is 13.2. The molecule has 0 aliphatic rings. The molecule has 1 aromatic carbocycles. The van der Waals surface area contributed by atoms with Gasteiger partial charge in [0.05, 0.1) is 12.7 Å². The van der Waals surface area contributed by atoms with Gasteiger partial charge >= 0.3 is 0 Å². The Hall–Kier alpha value is -1.84. The molecule has 0 bridgehead atoms. The first-order chi connectivity index (χ1) is 9.72. The Labute approximate surface area is 126 Å². The molecule has 0 saturated carbocycles. The lowest BCUT2D eigenvalue weighted by Gasteiger charge is -2.04. The van der Waals surface area contributed by atoms with Crippen LogP contribution in [-0.4, -0.2) is 14.8 Å². The zero-order valence-corrected chi connectivity index (χ0v) is 12.0. The molecule has 0 saturated heterocycles. The Balaban J connectivity index is 1.84. The highest BCUT2D eigenvalue weighted by Gasteiger charge is 2.06. The fourth-order valence-corrected chi connectivity index (χ4v) is 2.37. The van der Waals surface area contributed by atoms with Crippen molar-refractivity contribution in [1.29, 1.82) is 0 Å². The van der Waals surface area contributed by atoms with Crippen LogP contribution in [-0.2, 0) is 6.54 Å². The van der Waals surface area contributed by atoms with Gasteiger partial charge in [0, 0.05) is 17.3 Å². The van der Waals surface area contributed by atoms with Gasteiger partial charge < -0.3 is 0 Å². The summed E-state index contributed by atoms with van der Waals surface area (Å²) in [5, 5.41) is 5.15. The van der Waals surface area contributed by atoms with E-state index in [-0.39, 0.29) is 0 Å². The van der Waals surface area contributed by atoms with Crippen LogP contribution in [0.25, 0.3) is 11.1 Å². The maximum absolute atomic E-state index is 6.07. The third-order valence-corrected chi connectivity index (χ3v) is 3.50. The van der Waals surface area contributed by atoms with E-state index in [0.29, 0.717) is 16.9 Å². The maximum atomic E-state index is 6.07. The summed E-state index contributed by atoms with van der Waals surface area (Å²) in [5.41, 5.74) is 3.10. The van der Waals surface area contributed by atoms with E-state index in [9.17, 15) is 0 Å². The van der Waals surface area contributed by atoms with Crippen molar-refractivity contribution in [3.8, 4) is 11.1 Å². The number of aromatic nitrogens is 3. The number of pyridine rings is 1. The SMILES string of the molecule is Clc1ccc(Cn2cc(-c3ccccc3)cn2)c(Cl)n1. The minimum atomic E-state index is 0.393. The van der Waals surface area contributed by atoms with Crippen molar-refractivity contribution in [1.82, 2.24) is 14.8 Å². The molecule has 0 spiro atoms. The van der Waals surface area contributed by atoms with Gasteiger partial charge in [-0.2, -0.15) is 5.10 Å². The van der Waals surface area contributed by atoms with E-state index in [1.54, 1.807) is 6.07 Å². The van der Waals surface area contributed by atoms with Crippen LogP contribution in [0, 0.1) is 0 Å². The Bertz CT molecular complexity index is 723. The topological polar surface area (TPSA) is 30.7 Å². The summed E-state index contributed by atoms with van der Waals surface area (Å²) in [5.74, 6) is 0. The minimum absolute atomic E-state index is 0.393. The van der Waals surface area contributed by atoms with E-state index in [1.807, 2.05) is 41.3 Å². The predicted octanol–water partition coefficient (Wildman–Crippen LogP) is 4.30. The van der Waals surface area contributed by atoms with Crippen LogP contribution in [0.3, 0.4) is 0 Å². The van der Waals surface area contributed by atoms with E-state index >= 15 is 0 Å². The van der Waals surface area contributed by atoms with E-state index in [1.165, 1.54) is 0 Å². The van der Waals surface area contributed by atoms with Gasteiger partial charge in [-0.1, -0.05) is 59.6 Å². The number of benzene rings is 1. The van der Waals surface area contributed by atoms with Gasteiger partial charge in [-0.25, -0.2) is 4.98 Å². The summed E-state index contributed by atoms with van der Waals surface area (Å²) >= 11 is 11.9. The van der Waals surface area contributed by atoms with E-state index < -0.39 is 0 Å². The molecule has 0 aliphatic carbocycles. The van der Waals surface area contributed by atoms with Crippen LogP contribution in [0.15, 0.2) is 54.9 Å². The molecule has 0 unspecified atom stereocenters. The van der Waals surface area contributed by atoms with Crippen LogP contribution in [0.1, 0.15) is 5.56 Å². The molecule has 5 heteroatoms. The molecule has 2 aromatic heterocycles. The number of hydrogen-bond acceptors (Lipinski definition) is 2. The van der Waals surface area contributed by atoms with Crippen molar-refractivity contribution in [3.05, 3.63) is 70.7 Å². The second-order valence-electron chi connectivity index (χ2n) is 4.38. The van der Waals surface area contributed by atoms with E-state index in [0.717, 1.165) is 16.7 Å². The molecule has 20 heavy (non-hydrogen) atoms. The Morgan fingerprint density at radius 2 is 1.75 bits per heavy atom. The van der Waals surface area contributed by atoms with Gasteiger partial charge in [0.25, 0.3) is 0 Å². The average molecular weight is 304 g/mol. The third-order valence-electron chi connectivity index (χ3n) is 2.96. The summed E-state index contributed by atoms with van der Waals surface area (Å²) in [6.45, 7) is 0.565. The highest BCUT2D eigenvalue weighted by molar-refractivity contribution is 6.32. The largest absolute Gasteiger partial charge is 0.268 e. The first-order valence-electron chi connectivity index (χ1n) is 6.11. The van der Waals surface area contributed by atoms with Crippen LogP contribution in [0.2, 0.25) is 10.3 Å². The van der Waals surface area contributed by atoms with Gasteiger partial charge in [0.15, 0.2) is 0 Å². The van der Waals surface area contributed by atoms with Crippen LogP contribution in [0.5, 0.6) is 0 Å². The second kappa shape index (κ2) is 5.65. The molecule has 3 aromatic rings. The highest BCUT2D eigenvalue weighted by atomic mass is 35.5. The fraction of sp³-hybridized carbons (Fsp3) is 0.0667. The number of halogens is 2. The normalized spacial score (nSPS) is 10.7. The molecule has 3 rings (SSSR count). The average Bonchev–Trinajstić information content (AvgIpc) is 2.92.